The van der Waals surface area contributed by atoms with Gasteiger partial charge in [-0.3, -0.25) is 10.3 Å². The number of para-hydroxylation sites is 2. The molecule has 0 saturated carbocycles. The standard InChI is InChI=1S/C25H28N4O4/c1-25(2,3)33-24(31)29-21-8-4-5-9-22(21)32-17-18-10-12-20(13-11-18)28-23(30)27-16-19-7-6-14-26-15-19/h4-15H,16-17H2,1-3H3,(H,29,31)(H2,27,28,30). The van der Waals surface area contributed by atoms with E-state index in [1.54, 1.807) is 63.5 Å². The summed E-state index contributed by atoms with van der Waals surface area (Å²) in [5.41, 5.74) is 2.42. The summed E-state index contributed by atoms with van der Waals surface area (Å²) in [6.07, 6.45) is 2.84. The molecule has 172 valence electrons. The van der Waals surface area contributed by atoms with Crippen LogP contribution in [-0.2, 0) is 17.9 Å². The molecule has 0 aliphatic heterocycles. The molecule has 8 nitrogen and oxygen atoms in total. The largest absolute Gasteiger partial charge is 0.487 e. The molecule has 3 rings (SSSR count). The van der Waals surface area contributed by atoms with E-state index >= 15 is 0 Å². The molecule has 3 amide bonds. The van der Waals surface area contributed by atoms with Crippen molar-refractivity contribution in [3.8, 4) is 5.75 Å². The Morgan fingerprint density at radius 2 is 1.67 bits per heavy atom. The third-order valence-electron chi connectivity index (χ3n) is 4.30. The number of carbonyl (C=O) groups excluding carboxylic acids is 2. The average molecular weight is 449 g/mol. The van der Waals surface area contributed by atoms with E-state index < -0.39 is 11.7 Å². The van der Waals surface area contributed by atoms with Gasteiger partial charge in [0.2, 0.25) is 0 Å². The lowest BCUT2D eigenvalue weighted by Gasteiger charge is -2.20. The van der Waals surface area contributed by atoms with Crippen LogP contribution in [-0.4, -0.2) is 22.7 Å². The molecule has 33 heavy (non-hydrogen) atoms. The Labute approximate surface area is 193 Å². The van der Waals surface area contributed by atoms with E-state index in [0.29, 0.717) is 30.3 Å². The lowest BCUT2D eigenvalue weighted by atomic mass is 10.2. The Hall–Kier alpha value is -4.07. The van der Waals surface area contributed by atoms with Gasteiger partial charge in [-0.25, -0.2) is 9.59 Å². The van der Waals surface area contributed by atoms with Crippen molar-refractivity contribution >= 4 is 23.5 Å². The van der Waals surface area contributed by atoms with Crippen LogP contribution in [0.3, 0.4) is 0 Å². The number of nitrogens with one attached hydrogen (secondary N) is 3. The molecule has 1 aromatic heterocycles. The van der Waals surface area contributed by atoms with Crippen LogP contribution < -0.4 is 20.7 Å². The normalized spacial score (nSPS) is 10.8. The first-order valence-corrected chi connectivity index (χ1v) is 10.5. The topological polar surface area (TPSA) is 102 Å². The number of benzene rings is 2. The third kappa shape index (κ3) is 8.17. The average Bonchev–Trinajstić information content (AvgIpc) is 2.77. The van der Waals surface area contributed by atoms with Gasteiger partial charge in [-0.2, -0.15) is 0 Å². The highest BCUT2D eigenvalue weighted by molar-refractivity contribution is 5.89. The number of urea groups is 1. The molecule has 3 aromatic rings. The fourth-order valence-electron chi connectivity index (χ4n) is 2.82. The maximum Gasteiger partial charge on any atom is 0.412 e. The number of amides is 3. The second kappa shape index (κ2) is 11.0. The summed E-state index contributed by atoms with van der Waals surface area (Å²) in [7, 11) is 0. The molecule has 2 aromatic carbocycles. The van der Waals surface area contributed by atoms with Crippen LogP contribution in [0, 0.1) is 0 Å². The van der Waals surface area contributed by atoms with Crippen molar-refractivity contribution < 1.29 is 19.1 Å². The predicted molar refractivity (Wildman–Crippen MR) is 127 cm³/mol. The van der Waals surface area contributed by atoms with Crippen molar-refractivity contribution in [3.05, 3.63) is 84.2 Å². The van der Waals surface area contributed by atoms with Crippen LogP contribution in [0.2, 0.25) is 0 Å². The molecule has 0 atom stereocenters. The molecule has 0 unspecified atom stereocenters. The first-order chi connectivity index (χ1) is 15.8. The van der Waals surface area contributed by atoms with Gasteiger partial charge in [0.05, 0.1) is 5.69 Å². The van der Waals surface area contributed by atoms with E-state index in [0.717, 1.165) is 11.1 Å². The quantitative estimate of drug-likeness (QED) is 0.453. The summed E-state index contributed by atoms with van der Waals surface area (Å²) >= 11 is 0. The number of pyridine rings is 1. The molecule has 3 N–H and O–H groups in total. The minimum absolute atomic E-state index is 0.292. The van der Waals surface area contributed by atoms with Gasteiger partial charge >= 0.3 is 12.1 Å². The van der Waals surface area contributed by atoms with Crippen molar-refractivity contribution in [2.24, 2.45) is 0 Å². The summed E-state index contributed by atoms with van der Waals surface area (Å²) in [6, 6.07) is 17.9. The van der Waals surface area contributed by atoms with E-state index in [4.69, 9.17) is 9.47 Å². The van der Waals surface area contributed by atoms with Crippen LogP contribution in [0.15, 0.2) is 73.1 Å². The smallest absolute Gasteiger partial charge is 0.412 e. The molecule has 1 heterocycles. The van der Waals surface area contributed by atoms with Gasteiger partial charge in [-0.05, 0) is 62.2 Å². The number of hydrogen-bond donors (Lipinski definition) is 3. The highest BCUT2D eigenvalue weighted by Gasteiger charge is 2.17. The summed E-state index contributed by atoms with van der Waals surface area (Å²) in [5, 5.41) is 8.29. The molecular formula is C25H28N4O4. The number of aromatic nitrogens is 1. The van der Waals surface area contributed by atoms with Gasteiger partial charge in [0.15, 0.2) is 0 Å². The maximum absolute atomic E-state index is 12.1. The monoisotopic (exact) mass is 448 g/mol. The Kier molecular flexibility index (Phi) is 7.86. The Bertz CT molecular complexity index is 1060. The van der Waals surface area contributed by atoms with Gasteiger partial charge in [0.1, 0.15) is 18.0 Å². The van der Waals surface area contributed by atoms with Crippen LogP contribution in [0.1, 0.15) is 31.9 Å². The SMILES string of the molecule is CC(C)(C)OC(=O)Nc1ccccc1OCc1ccc(NC(=O)NCc2cccnc2)cc1. The summed E-state index contributed by atoms with van der Waals surface area (Å²) in [5.74, 6) is 0.528. The molecule has 8 heteroatoms. The number of carbonyl (C=O) groups is 2. The van der Waals surface area contributed by atoms with Gasteiger partial charge in [0.25, 0.3) is 0 Å². The first-order valence-electron chi connectivity index (χ1n) is 10.5. The van der Waals surface area contributed by atoms with Crippen LogP contribution >= 0.6 is 0 Å². The zero-order chi connectivity index (χ0) is 23.7. The second-order valence-electron chi connectivity index (χ2n) is 8.28. The van der Waals surface area contributed by atoms with Gasteiger partial charge in [-0.15, -0.1) is 0 Å². The number of rotatable bonds is 7. The minimum atomic E-state index is -0.592. The minimum Gasteiger partial charge on any atom is -0.487 e. The first kappa shape index (κ1) is 23.6. The molecule has 0 radical (unpaired) electrons. The van der Waals surface area contributed by atoms with E-state index in [9.17, 15) is 9.59 Å². The van der Waals surface area contributed by atoms with Crippen LogP contribution in [0.25, 0.3) is 0 Å². The molecule has 0 fully saturated rings. The summed E-state index contributed by atoms with van der Waals surface area (Å²) < 4.78 is 11.2. The number of anilines is 2. The van der Waals surface area contributed by atoms with Crippen molar-refractivity contribution in [3.63, 3.8) is 0 Å². The second-order valence-corrected chi connectivity index (χ2v) is 8.28. The molecule has 0 aliphatic carbocycles. The number of nitrogens with zero attached hydrogens (tertiary/aromatic N) is 1. The van der Waals surface area contributed by atoms with Crippen molar-refractivity contribution in [1.29, 1.82) is 0 Å². The van der Waals surface area contributed by atoms with Gasteiger partial charge in [0, 0.05) is 24.6 Å². The van der Waals surface area contributed by atoms with Crippen LogP contribution in [0.4, 0.5) is 21.0 Å². The van der Waals surface area contributed by atoms with E-state index in [1.165, 1.54) is 0 Å². The molecule has 0 bridgehead atoms. The van der Waals surface area contributed by atoms with E-state index in [1.807, 2.05) is 30.3 Å². The molecule has 0 aliphatic rings. The third-order valence-corrected chi connectivity index (χ3v) is 4.30. The van der Waals surface area contributed by atoms with E-state index in [2.05, 4.69) is 20.9 Å². The zero-order valence-electron chi connectivity index (χ0n) is 18.9. The fourth-order valence-corrected chi connectivity index (χ4v) is 2.82. The molecule has 0 spiro atoms. The number of ether oxygens (including phenoxy) is 2. The molecule has 0 saturated heterocycles. The van der Waals surface area contributed by atoms with Crippen molar-refractivity contribution in [2.45, 2.75) is 39.5 Å². The fraction of sp³-hybridized carbons (Fsp3) is 0.240. The Balaban J connectivity index is 1.50. The summed E-state index contributed by atoms with van der Waals surface area (Å²) in [4.78, 5) is 28.2. The lowest BCUT2D eigenvalue weighted by Crippen LogP contribution is -2.28. The highest BCUT2D eigenvalue weighted by Crippen LogP contribution is 2.25. The maximum atomic E-state index is 12.1. The van der Waals surface area contributed by atoms with Gasteiger partial charge < -0.3 is 20.1 Å². The van der Waals surface area contributed by atoms with Crippen LogP contribution in [0.5, 0.6) is 5.75 Å². The summed E-state index contributed by atoms with van der Waals surface area (Å²) in [6.45, 7) is 6.09. The number of hydrogen-bond acceptors (Lipinski definition) is 5. The Morgan fingerprint density at radius 1 is 0.909 bits per heavy atom. The van der Waals surface area contributed by atoms with Crippen molar-refractivity contribution in [2.75, 3.05) is 10.6 Å². The molecular weight excluding hydrogens is 420 g/mol. The van der Waals surface area contributed by atoms with E-state index in [-0.39, 0.29) is 6.03 Å². The Morgan fingerprint density at radius 3 is 2.36 bits per heavy atom. The zero-order valence-corrected chi connectivity index (χ0v) is 18.9. The predicted octanol–water partition coefficient (Wildman–Crippen LogP) is 5.33. The van der Waals surface area contributed by atoms with Gasteiger partial charge in [-0.1, -0.05) is 30.3 Å². The lowest BCUT2D eigenvalue weighted by molar-refractivity contribution is 0.0635. The van der Waals surface area contributed by atoms with Crippen molar-refractivity contribution in [1.82, 2.24) is 10.3 Å². The highest BCUT2D eigenvalue weighted by atomic mass is 16.6.